The van der Waals surface area contributed by atoms with Crippen molar-refractivity contribution in [2.75, 3.05) is 33.7 Å². The van der Waals surface area contributed by atoms with Crippen LogP contribution in [-0.4, -0.2) is 66.6 Å². The Labute approximate surface area is 123 Å². The third-order valence-electron chi connectivity index (χ3n) is 3.38. The van der Waals surface area contributed by atoms with Crippen molar-refractivity contribution < 1.29 is 19.4 Å². The molecule has 1 aliphatic rings. The molecule has 0 fully saturated rings. The third kappa shape index (κ3) is 3.95. The van der Waals surface area contributed by atoms with Gasteiger partial charge in [0, 0.05) is 19.5 Å². The molecule has 2 rings (SSSR count). The minimum atomic E-state index is -1.02. The number of nitrogens with zero attached hydrogens (tertiary/aromatic N) is 2. The van der Waals surface area contributed by atoms with Crippen molar-refractivity contribution in [1.82, 2.24) is 9.80 Å². The van der Waals surface area contributed by atoms with E-state index in [1.54, 1.807) is 0 Å². The number of rotatable bonds is 6. The van der Waals surface area contributed by atoms with Crippen LogP contribution in [0.25, 0.3) is 0 Å². The van der Waals surface area contributed by atoms with Crippen molar-refractivity contribution in [1.29, 1.82) is 0 Å². The van der Waals surface area contributed by atoms with Gasteiger partial charge in [-0.2, -0.15) is 0 Å². The molecule has 1 aromatic carbocycles. The minimum absolute atomic E-state index is 0.268. The standard InChI is InChI=1S/C15H20N2O4/c1-16(2)7-8-17(10-14(18)19)15(20)13-9-11-5-3-4-6-12(11)21-13/h3-6,13H,7-10H2,1-2H3,(H,18,19)/t13-/m1/s1. The van der Waals surface area contributed by atoms with Crippen molar-refractivity contribution in [2.24, 2.45) is 0 Å². The molecule has 114 valence electrons. The zero-order valence-corrected chi connectivity index (χ0v) is 12.3. The summed E-state index contributed by atoms with van der Waals surface area (Å²) in [4.78, 5) is 26.7. The van der Waals surface area contributed by atoms with Gasteiger partial charge in [0.2, 0.25) is 0 Å². The lowest BCUT2D eigenvalue weighted by atomic mass is 10.1. The highest BCUT2D eigenvalue weighted by molar-refractivity contribution is 5.86. The number of carboxylic acids is 1. The normalized spacial score (nSPS) is 16.4. The van der Waals surface area contributed by atoms with Gasteiger partial charge in [-0.3, -0.25) is 9.59 Å². The number of benzene rings is 1. The van der Waals surface area contributed by atoms with E-state index in [9.17, 15) is 9.59 Å². The maximum Gasteiger partial charge on any atom is 0.323 e. The average molecular weight is 292 g/mol. The summed E-state index contributed by atoms with van der Waals surface area (Å²) in [5.74, 6) is -0.577. The van der Waals surface area contributed by atoms with Gasteiger partial charge in [0.15, 0.2) is 6.10 Å². The maximum atomic E-state index is 12.5. The molecule has 0 spiro atoms. The highest BCUT2D eigenvalue weighted by Crippen LogP contribution is 2.28. The van der Waals surface area contributed by atoms with Crippen molar-refractivity contribution >= 4 is 11.9 Å². The van der Waals surface area contributed by atoms with Crippen LogP contribution in [0.4, 0.5) is 0 Å². The fraction of sp³-hybridized carbons (Fsp3) is 0.467. The summed E-state index contributed by atoms with van der Waals surface area (Å²) in [5, 5.41) is 8.97. The summed E-state index contributed by atoms with van der Waals surface area (Å²) in [7, 11) is 3.76. The Bertz CT molecular complexity index is 505. The topological polar surface area (TPSA) is 70.1 Å². The monoisotopic (exact) mass is 292 g/mol. The second-order valence-electron chi connectivity index (χ2n) is 5.38. The number of aliphatic carboxylic acids is 1. The molecule has 0 radical (unpaired) electrons. The van der Waals surface area contributed by atoms with Crippen LogP contribution >= 0.6 is 0 Å². The Balaban J connectivity index is 2.03. The van der Waals surface area contributed by atoms with Gasteiger partial charge in [-0.15, -0.1) is 0 Å². The molecule has 1 aliphatic heterocycles. The number of fused-ring (bicyclic) bond motifs is 1. The number of amides is 1. The molecule has 0 unspecified atom stereocenters. The number of hydrogen-bond donors (Lipinski definition) is 1. The second-order valence-corrected chi connectivity index (χ2v) is 5.38. The smallest absolute Gasteiger partial charge is 0.323 e. The van der Waals surface area contributed by atoms with Gasteiger partial charge in [-0.05, 0) is 25.7 Å². The fourth-order valence-electron chi connectivity index (χ4n) is 2.27. The summed E-state index contributed by atoms with van der Waals surface area (Å²) in [6.45, 7) is 0.676. The van der Waals surface area contributed by atoms with E-state index in [1.807, 2.05) is 43.3 Å². The molecule has 0 aromatic heterocycles. The van der Waals surface area contributed by atoms with Crippen LogP contribution in [0.2, 0.25) is 0 Å². The Morgan fingerprint density at radius 3 is 2.62 bits per heavy atom. The van der Waals surface area contributed by atoms with Crippen LogP contribution in [-0.2, 0) is 16.0 Å². The highest BCUT2D eigenvalue weighted by atomic mass is 16.5. The molecule has 1 aromatic rings. The fourth-order valence-corrected chi connectivity index (χ4v) is 2.27. The van der Waals surface area contributed by atoms with Gasteiger partial charge in [0.25, 0.3) is 5.91 Å². The lowest BCUT2D eigenvalue weighted by Crippen LogP contribution is -2.46. The van der Waals surface area contributed by atoms with E-state index in [2.05, 4.69) is 0 Å². The van der Waals surface area contributed by atoms with E-state index in [4.69, 9.17) is 9.84 Å². The number of likely N-dealkylation sites (N-methyl/N-ethyl adjacent to an activating group) is 1. The summed E-state index contributed by atoms with van der Waals surface area (Å²) in [6.07, 6.45) is -0.128. The predicted molar refractivity (Wildman–Crippen MR) is 77.3 cm³/mol. The van der Waals surface area contributed by atoms with Gasteiger partial charge in [0.05, 0.1) is 0 Å². The highest BCUT2D eigenvalue weighted by Gasteiger charge is 2.32. The minimum Gasteiger partial charge on any atom is -0.480 e. The van der Waals surface area contributed by atoms with Crippen LogP contribution < -0.4 is 4.74 Å². The first-order chi connectivity index (χ1) is 9.97. The molecule has 1 N–H and O–H groups in total. The van der Waals surface area contributed by atoms with Gasteiger partial charge >= 0.3 is 5.97 Å². The van der Waals surface area contributed by atoms with Gasteiger partial charge in [-0.1, -0.05) is 18.2 Å². The average Bonchev–Trinajstić information content (AvgIpc) is 2.86. The zero-order chi connectivity index (χ0) is 15.4. The Kier molecular flexibility index (Phi) is 4.80. The zero-order valence-electron chi connectivity index (χ0n) is 12.3. The molecule has 0 aliphatic carbocycles. The first-order valence-corrected chi connectivity index (χ1v) is 6.87. The number of ether oxygens (including phenoxy) is 1. The second kappa shape index (κ2) is 6.58. The number of carbonyl (C=O) groups is 2. The summed E-state index contributed by atoms with van der Waals surface area (Å²) in [5.41, 5.74) is 0.985. The molecule has 1 atom stereocenters. The summed E-state index contributed by atoms with van der Waals surface area (Å²) >= 11 is 0. The molecular formula is C15H20N2O4. The molecular weight excluding hydrogens is 272 g/mol. The molecule has 1 amide bonds. The van der Waals surface area contributed by atoms with Gasteiger partial charge < -0.3 is 19.6 Å². The predicted octanol–water partition coefficient (Wildman–Crippen LogP) is 0.465. The summed E-state index contributed by atoms with van der Waals surface area (Å²) in [6, 6.07) is 7.50. The molecule has 0 saturated carbocycles. The van der Waals surface area contributed by atoms with Crippen molar-refractivity contribution in [3.8, 4) is 5.75 Å². The first-order valence-electron chi connectivity index (χ1n) is 6.87. The van der Waals surface area contributed by atoms with Crippen LogP contribution in [0.5, 0.6) is 5.75 Å². The lowest BCUT2D eigenvalue weighted by Gasteiger charge is -2.25. The lowest BCUT2D eigenvalue weighted by molar-refractivity contribution is -0.147. The first kappa shape index (κ1) is 15.3. The number of carboxylic acid groups (broad SMARTS) is 1. The van der Waals surface area contributed by atoms with E-state index >= 15 is 0 Å². The van der Waals surface area contributed by atoms with Crippen LogP contribution in [0.1, 0.15) is 5.56 Å². The number of hydrogen-bond acceptors (Lipinski definition) is 4. The third-order valence-corrected chi connectivity index (χ3v) is 3.38. The summed E-state index contributed by atoms with van der Waals surface area (Å²) < 4.78 is 5.64. The largest absolute Gasteiger partial charge is 0.480 e. The van der Waals surface area contributed by atoms with Crippen molar-refractivity contribution in [2.45, 2.75) is 12.5 Å². The number of carbonyl (C=O) groups excluding carboxylic acids is 1. The van der Waals surface area contributed by atoms with Crippen LogP contribution in [0.15, 0.2) is 24.3 Å². The van der Waals surface area contributed by atoms with Crippen molar-refractivity contribution in [3.05, 3.63) is 29.8 Å². The maximum absolute atomic E-state index is 12.5. The van der Waals surface area contributed by atoms with Gasteiger partial charge in [-0.25, -0.2) is 0 Å². The Hall–Kier alpha value is -2.08. The van der Waals surface area contributed by atoms with Crippen LogP contribution in [0, 0.1) is 0 Å². The van der Waals surface area contributed by atoms with E-state index in [0.29, 0.717) is 25.3 Å². The quantitative estimate of drug-likeness (QED) is 0.825. The molecule has 0 saturated heterocycles. The van der Waals surface area contributed by atoms with E-state index < -0.39 is 12.1 Å². The SMILES string of the molecule is CN(C)CCN(CC(=O)O)C(=O)[C@H]1Cc2ccccc2O1. The molecule has 6 heteroatoms. The van der Waals surface area contributed by atoms with Gasteiger partial charge in [0.1, 0.15) is 12.3 Å². The molecule has 0 bridgehead atoms. The van der Waals surface area contributed by atoms with E-state index in [0.717, 1.165) is 5.56 Å². The number of para-hydroxylation sites is 1. The Morgan fingerprint density at radius 2 is 2.00 bits per heavy atom. The van der Waals surface area contributed by atoms with E-state index in [-0.39, 0.29) is 12.5 Å². The Morgan fingerprint density at radius 1 is 1.29 bits per heavy atom. The van der Waals surface area contributed by atoms with Crippen molar-refractivity contribution in [3.63, 3.8) is 0 Å². The molecule has 21 heavy (non-hydrogen) atoms. The molecule has 6 nitrogen and oxygen atoms in total. The molecule has 1 heterocycles. The van der Waals surface area contributed by atoms with E-state index in [1.165, 1.54) is 4.90 Å². The van der Waals surface area contributed by atoms with Crippen LogP contribution in [0.3, 0.4) is 0 Å².